The maximum absolute atomic E-state index is 12.8. The van der Waals surface area contributed by atoms with Crippen LogP contribution in [0.15, 0.2) is 0 Å². The lowest BCUT2D eigenvalue weighted by Gasteiger charge is -2.36. The van der Waals surface area contributed by atoms with Crippen LogP contribution >= 0.6 is 0 Å². The Morgan fingerprint density at radius 2 is 1.92 bits per heavy atom. The largest absolute Gasteiger partial charge is 0.383 e. The molecule has 3 aliphatic rings. The standard InChI is InChI=1S/C19H33N3O3/c1-20(13-15-7-9-21(10-8-15)11-12-25-2)19(24)16-3-6-18(23)22(14-16)17-4-5-17/h15-17H,3-14H2,1-2H3/t16-/m1/s1. The average Bonchev–Trinajstić information content (AvgIpc) is 3.46. The SMILES string of the molecule is COCCN1CCC(CN(C)C(=O)[C@@H]2CCC(=O)N(C3CC3)C2)CC1. The number of piperidine rings is 2. The number of nitrogens with zero attached hydrogens (tertiary/aromatic N) is 3. The van der Waals surface area contributed by atoms with E-state index in [0.717, 1.165) is 64.9 Å². The van der Waals surface area contributed by atoms with Crippen molar-refractivity contribution in [3.05, 3.63) is 0 Å². The predicted octanol–water partition coefficient (Wildman–Crippen LogP) is 1.20. The Labute approximate surface area is 151 Å². The molecule has 0 unspecified atom stereocenters. The van der Waals surface area contributed by atoms with Gasteiger partial charge in [0, 0.05) is 46.3 Å². The fourth-order valence-corrected chi connectivity index (χ4v) is 4.21. The summed E-state index contributed by atoms with van der Waals surface area (Å²) < 4.78 is 5.15. The van der Waals surface area contributed by atoms with Crippen LogP contribution in [0.25, 0.3) is 0 Å². The molecule has 0 spiro atoms. The molecular formula is C19H33N3O3. The van der Waals surface area contributed by atoms with E-state index < -0.39 is 0 Å². The first-order valence-corrected chi connectivity index (χ1v) is 9.84. The molecule has 6 heteroatoms. The number of likely N-dealkylation sites (tertiary alicyclic amines) is 2. The summed E-state index contributed by atoms with van der Waals surface area (Å²) in [6.07, 6.45) is 5.80. The lowest BCUT2D eigenvalue weighted by molar-refractivity contribution is -0.143. The summed E-state index contributed by atoms with van der Waals surface area (Å²) in [4.78, 5) is 31.2. The van der Waals surface area contributed by atoms with Crippen LogP contribution in [-0.4, -0.2) is 86.0 Å². The summed E-state index contributed by atoms with van der Waals surface area (Å²) in [5, 5.41) is 0. The van der Waals surface area contributed by atoms with Gasteiger partial charge in [0.25, 0.3) is 0 Å². The van der Waals surface area contributed by atoms with Crippen LogP contribution in [0.5, 0.6) is 0 Å². The lowest BCUT2D eigenvalue weighted by Crippen LogP contribution is -2.48. The van der Waals surface area contributed by atoms with Gasteiger partial charge in [-0.05, 0) is 51.1 Å². The molecule has 0 aromatic rings. The van der Waals surface area contributed by atoms with E-state index in [1.54, 1.807) is 7.11 Å². The Hall–Kier alpha value is -1.14. The van der Waals surface area contributed by atoms with Crippen LogP contribution in [-0.2, 0) is 14.3 Å². The van der Waals surface area contributed by atoms with Crippen molar-refractivity contribution in [2.24, 2.45) is 11.8 Å². The molecule has 0 bridgehead atoms. The van der Waals surface area contributed by atoms with Crippen molar-refractivity contribution in [3.63, 3.8) is 0 Å². The van der Waals surface area contributed by atoms with E-state index in [1.165, 1.54) is 0 Å². The number of carbonyl (C=O) groups is 2. The molecule has 0 aromatic carbocycles. The zero-order valence-corrected chi connectivity index (χ0v) is 15.8. The fraction of sp³-hybridized carbons (Fsp3) is 0.895. The monoisotopic (exact) mass is 351 g/mol. The molecule has 3 fully saturated rings. The number of rotatable bonds is 7. The van der Waals surface area contributed by atoms with Gasteiger partial charge in [0.1, 0.15) is 0 Å². The first-order valence-electron chi connectivity index (χ1n) is 9.84. The van der Waals surface area contributed by atoms with Crippen LogP contribution in [0.2, 0.25) is 0 Å². The van der Waals surface area contributed by atoms with Crippen molar-refractivity contribution in [1.29, 1.82) is 0 Å². The normalized spacial score (nSPS) is 26.1. The van der Waals surface area contributed by atoms with Gasteiger partial charge in [0.2, 0.25) is 11.8 Å². The van der Waals surface area contributed by atoms with E-state index in [0.29, 0.717) is 24.9 Å². The third-order valence-corrected chi connectivity index (χ3v) is 6.01. The van der Waals surface area contributed by atoms with Crippen molar-refractivity contribution in [2.45, 2.75) is 44.6 Å². The highest BCUT2D eigenvalue weighted by Gasteiger charge is 2.39. The van der Waals surface area contributed by atoms with Gasteiger partial charge in [0.05, 0.1) is 12.5 Å². The van der Waals surface area contributed by atoms with Crippen molar-refractivity contribution in [1.82, 2.24) is 14.7 Å². The Balaban J connectivity index is 1.42. The van der Waals surface area contributed by atoms with Gasteiger partial charge >= 0.3 is 0 Å². The van der Waals surface area contributed by atoms with Gasteiger partial charge in [-0.15, -0.1) is 0 Å². The number of hydrogen-bond donors (Lipinski definition) is 0. The molecule has 25 heavy (non-hydrogen) atoms. The molecule has 6 nitrogen and oxygen atoms in total. The van der Waals surface area contributed by atoms with E-state index in [1.807, 2.05) is 16.8 Å². The van der Waals surface area contributed by atoms with Crippen LogP contribution in [0.1, 0.15) is 38.5 Å². The quantitative estimate of drug-likeness (QED) is 0.692. The highest BCUT2D eigenvalue weighted by molar-refractivity contribution is 5.84. The van der Waals surface area contributed by atoms with Gasteiger partial charge in [-0.25, -0.2) is 0 Å². The van der Waals surface area contributed by atoms with E-state index >= 15 is 0 Å². The second kappa shape index (κ2) is 8.49. The van der Waals surface area contributed by atoms with Crippen LogP contribution in [0, 0.1) is 11.8 Å². The second-order valence-electron chi connectivity index (χ2n) is 8.01. The number of ether oxygens (including phenoxy) is 1. The molecule has 2 aliphatic heterocycles. The molecule has 142 valence electrons. The first kappa shape index (κ1) is 18.6. The highest BCUT2D eigenvalue weighted by Crippen LogP contribution is 2.32. The minimum absolute atomic E-state index is 0.00471. The predicted molar refractivity (Wildman–Crippen MR) is 96.1 cm³/mol. The molecule has 1 atom stereocenters. The molecule has 1 saturated carbocycles. The molecule has 0 radical (unpaired) electrons. The maximum atomic E-state index is 12.8. The van der Waals surface area contributed by atoms with E-state index in [-0.39, 0.29) is 17.7 Å². The van der Waals surface area contributed by atoms with Gasteiger partial charge in [0.15, 0.2) is 0 Å². The van der Waals surface area contributed by atoms with Crippen molar-refractivity contribution in [3.8, 4) is 0 Å². The number of carbonyl (C=O) groups excluding carboxylic acids is 2. The second-order valence-corrected chi connectivity index (χ2v) is 8.01. The van der Waals surface area contributed by atoms with Crippen molar-refractivity contribution in [2.75, 3.05) is 53.5 Å². The van der Waals surface area contributed by atoms with Crippen LogP contribution in [0.3, 0.4) is 0 Å². The summed E-state index contributed by atoms with van der Waals surface area (Å²) in [5.74, 6) is 1.08. The summed E-state index contributed by atoms with van der Waals surface area (Å²) in [6.45, 7) is 5.49. The highest BCUT2D eigenvalue weighted by atomic mass is 16.5. The van der Waals surface area contributed by atoms with E-state index in [4.69, 9.17) is 4.74 Å². The van der Waals surface area contributed by atoms with Crippen LogP contribution < -0.4 is 0 Å². The number of methoxy groups -OCH3 is 1. The van der Waals surface area contributed by atoms with E-state index in [9.17, 15) is 9.59 Å². The number of hydrogen-bond acceptors (Lipinski definition) is 4. The molecule has 2 amide bonds. The van der Waals surface area contributed by atoms with Crippen molar-refractivity contribution >= 4 is 11.8 Å². The maximum Gasteiger partial charge on any atom is 0.227 e. The Bertz CT molecular complexity index is 473. The number of amides is 2. The average molecular weight is 351 g/mol. The molecule has 1 aliphatic carbocycles. The van der Waals surface area contributed by atoms with Gasteiger partial charge in [-0.3, -0.25) is 9.59 Å². The zero-order valence-electron chi connectivity index (χ0n) is 15.8. The Morgan fingerprint density at radius 1 is 1.20 bits per heavy atom. The molecule has 2 saturated heterocycles. The summed E-state index contributed by atoms with van der Waals surface area (Å²) in [6, 6.07) is 0.421. The molecule has 0 aromatic heterocycles. The Kier molecular flexibility index (Phi) is 6.34. The van der Waals surface area contributed by atoms with E-state index in [2.05, 4.69) is 4.90 Å². The minimum Gasteiger partial charge on any atom is -0.383 e. The summed E-state index contributed by atoms with van der Waals surface area (Å²) >= 11 is 0. The first-order chi connectivity index (χ1) is 12.1. The lowest BCUT2D eigenvalue weighted by atomic mass is 9.93. The smallest absolute Gasteiger partial charge is 0.227 e. The summed E-state index contributed by atoms with van der Waals surface area (Å²) in [5.41, 5.74) is 0. The van der Waals surface area contributed by atoms with Gasteiger partial charge in [-0.2, -0.15) is 0 Å². The summed E-state index contributed by atoms with van der Waals surface area (Å²) in [7, 11) is 3.69. The molecular weight excluding hydrogens is 318 g/mol. The zero-order chi connectivity index (χ0) is 17.8. The fourth-order valence-electron chi connectivity index (χ4n) is 4.21. The molecule has 0 N–H and O–H groups in total. The van der Waals surface area contributed by atoms with Gasteiger partial charge in [-0.1, -0.05) is 0 Å². The topological polar surface area (TPSA) is 53.1 Å². The third-order valence-electron chi connectivity index (χ3n) is 6.01. The third kappa shape index (κ3) is 4.94. The van der Waals surface area contributed by atoms with Crippen molar-refractivity contribution < 1.29 is 14.3 Å². The van der Waals surface area contributed by atoms with Crippen LogP contribution in [0.4, 0.5) is 0 Å². The molecule has 2 heterocycles. The molecule has 3 rings (SSSR count). The van der Waals surface area contributed by atoms with Gasteiger partial charge < -0.3 is 19.4 Å². The Morgan fingerprint density at radius 3 is 2.56 bits per heavy atom. The minimum atomic E-state index is 0.00471.